The van der Waals surface area contributed by atoms with Crippen LogP contribution < -0.4 is 21.7 Å². The highest BCUT2D eigenvalue weighted by atomic mass is 16.3. The number of aliphatic hydroxyl groups excluding tert-OH is 2. The van der Waals surface area contributed by atoms with Gasteiger partial charge < -0.3 is 31.9 Å². The van der Waals surface area contributed by atoms with Crippen LogP contribution in [0.2, 0.25) is 0 Å². The molecular weight excluding hydrogens is 364 g/mol. The van der Waals surface area contributed by atoms with E-state index in [1.807, 2.05) is 13.8 Å². The Labute approximate surface area is 165 Å². The van der Waals surface area contributed by atoms with Gasteiger partial charge in [-0.3, -0.25) is 14.4 Å². The normalized spacial score (nSPS) is 27.0. The minimum atomic E-state index is -1.20. The monoisotopic (exact) mass is 396 g/mol. The number of carbonyl (C=O) groups is 3. The molecule has 1 aliphatic heterocycles. The molecule has 0 aromatic heterocycles. The summed E-state index contributed by atoms with van der Waals surface area (Å²) in [6.45, 7) is 5.33. The molecule has 9 nitrogen and oxygen atoms in total. The molecule has 4 atom stereocenters. The van der Waals surface area contributed by atoms with Gasteiger partial charge in [-0.15, -0.1) is 0 Å². The van der Waals surface area contributed by atoms with Gasteiger partial charge in [0.2, 0.25) is 17.7 Å². The zero-order chi connectivity index (χ0) is 20.8. The lowest BCUT2D eigenvalue weighted by atomic mass is 9.88. The first-order valence-electron chi connectivity index (χ1n) is 9.87. The zero-order valence-electron chi connectivity index (χ0n) is 16.5. The van der Waals surface area contributed by atoms with E-state index in [1.54, 1.807) is 0 Å². The molecule has 0 bridgehead atoms. The molecule has 158 valence electrons. The van der Waals surface area contributed by atoms with E-state index < -0.39 is 36.1 Å². The van der Waals surface area contributed by atoms with Crippen LogP contribution in [-0.2, 0) is 14.4 Å². The Kier molecular flexibility index (Phi) is 7.97. The van der Waals surface area contributed by atoms with Gasteiger partial charge in [0.25, 0.3) is 0 Å². The smallest absolute Gasteiger partial charge is 0.247 e. The number of nitrogens with two attached hydrogens (primary N) is 1. The van der Waals surface area contributed by atoms with Crippen molar-refractivity contribution in [3.63, 3.8) is 0 Å². The lowest BCUT2D eigenvalue weighted by molar-refractivity contribution is -0.128. The van der Waals surface area contributed by atoms with E-state index in [1.165, 1.54) is 6.08 Å². The predicted molar refractivity (Wildman–Crippen MR) is 103 cm³/mol. The van der Waals surface area contributed by atoms with Crippen molar-refractivity contribution in [3.8, 4) is 0 Å². The Hall–Kier alpha value is -1.97. The van der Waals surface area contributed by atoms with Crippen molar-refractivity contribution in [1.29, 1.82) is 0 Å². The van der Waals surface area contributed by atoms with Crippen LogP contribution in [0.15, 0.2) is 11.6 Å². The third-order valence-corrected chi connectivity index (χ3v) is 5.24. The van der Waals surface area contributed by atoms with Crippen LogP contribution in [0, 0.1) is 11.8 Å². The van der Waals surface area contributed by atoms with Crippen molar-refractivity contribution in [3.05, 3.63) is 11.6 Å². The second-order valence-electron chi connectivity index (χ2n) is 8.07. The van der Waals surface area contributed by atoms with Crippen LogP contribution in [0.5, 0.6) is 0 Å². The largest absolute Gasteiger partial charge is 0.390 e. The number of nitrogens with one attached hydrogen (secondary N) is 3. The van der Waals surface area contributed by atoms with Crippen molar-refractivity contribution in [2.24, 2.45) is 17.6 Å². The van der Waals surface area contributed by atoms with E-state index in [9.17, 15) is 24.6 Å². The van der Waals surface area contributed by atoms with Crippen LogP contribution >= 0.6 is 0 Å². The Balaban J connectivity index is 2.07. The summed E-state index contributed by atoms with van der Waals surface area (Å²) >= 11 is 0. The molecule has 1 aliphatic carbocycles. The molecule has 3 amide bonds. The maximum Gasteiger partial charge on any atom is 0.247 e. The summed E-state index contributed by atoms with van der Waals surface area (Å²) in [7, 11) is 0. The average Bonchev–Trinajstić information content (AvgIpc) is 2.64. The number of hydrogen-bond donors (Lipinski definition) is 6. The maximum absolute atomic E-state index is 12.6. The number of aliphatic hydroxyl groups is 2. The second-order valence-corrected chi connectivity index (χ2v) is 8.07. The molecule has 1 saturated heterocycles. The Morgan fingerprint density at radius 3 is 2.46 bits per heavy atom. The van der Waals surface area contributed by atoms with E-state index in [0.29, 0.717) is 19.3 Å². The van der Waals surface area contributed by atoms with Crippen molar-refractivity contribution in [1.82, 2.24) is 16.0 Å². The molecule has 7 N–H and O–H groups in total. The molecule has 1 fully saturated rings. The first-order valence-corrected chi connectivity index (χ1v) is 9.87. The van der Waals surface area contributed by atoms with Crippen LogP contribution in [0.25, 0.3) is 0 Å². The summed E-state index contributed by atoms with van der Waals surface area (Å²) in [4.78, 5) is 36.6. The van der Waals surface area contributed by atoms with Gasteiger partial charge in [-0.05, 0) is 38.3 Å². The molecule has 1 heterocycles. The molecule has 0 spiro atoms. The van der Waals surface area contributed by atoms with Gasteiger partial charge in [0.05, 0.1) is 12.1 Å². The fraction of sp³-hybridized carbons (Fsp3) is 0.737. The molecular formula is C19H32N4O5. The van der Waals surface area contributed by atoms with Gasteiger partial charge in [-0.1, -0.05) is 19.9 Å². The number of amides is 3. The minimum Gasteiger partial charge on any atom is -0.390 e. The fourth-order valence-electron chi connectivity index (χ4n) is 3.60. The van der Waals surface area contributed by atoms with E-state index in [0.717, 1.165) is 13.1 Å². The highest BCUT2D eigenvalue weighted by Gasteiger charge is 2.35. The fourth-order valence-corrected chi connectivity index (χ4v) is 3.60. The molecule has 28 heavy (non-hydrogen) atoms. The van der Waals surface area contributed by atoms with E-state index in [-0.39, 0.29) is 29.7 Å². The van der Waals surface area contributed by atoms with Gasteiger partial charge in [0.1, 0.15) is 12.1 Å². The van der Waals surface area contributed by atoms with Crippen LogP contribution in [0.1, 0.15) is 39.5 Å². The van der Waals surface area contributed by atoms with Gasteiger partial charge in [0.15, 0.2) is 0 Å². The summed E-state index contributed by atoms with van der Waals surface area (Å²) in [6, 6.07) is -1.69. The molecule has 0 aromatic carbocycles. The van der Waals surface area contributed by atoms with E-state index >= 15 is 0 Å². The Morgan fingerprint density at radius 2 is 1.89 bits per heavy atom. The van der Waals surface area contributed by atoms with Crippen LogP contribution in [-0.4, -0.2) is 65.3 Å². The minimum absolute atomic E-state index is 0.0696. The highest BCUT2D eigenvalue weighted by Crippen LogP contribution is 2.21. The van der Waals surface area contributed by atoms with Crippen molar-refractivity contribution in [2.75, 3.05) is 13.1 Å². The van der Waals surface area contributed by atoms with Gasteiger partial charge in [0, 0.05) is 17.9 Å². The van der Waals surface area contributed by atoms with E-state index in [4.69, 9.17) is 5.73 Å². The third kappa shape index (κ3) is 6.02. The predicted octanol–water partition coefficient (Wildman–Crippen LogP) is -1.46. The van der Waals surface area contributed by atoms with Crippen molar-refractivity contribution in [2.45, 2.75) is 63.8 Å². The van der Waals surface area contributed by atoms with Crippen molar-refractivity contribution < 1.29 is 24.6 Å². The van der Waals surface area contributed by atoms with Gasteiger partial charge in [-0.2, -0.15) is 0 Å². The number of primary amides is 1. The first-order chi connectivity index (χ1) is 13.2. The maximum atomic E-state index is 12.6. The van der Waals surface area contributed by atoms with Crippen molar-refractivity contribution >= 4 is 17.7 Å². The Morgan fingerprint density at radius 1 is 1.25 bits per heavy atom. The SMILES string of the molecule is CC(C)CC(NC(=O)C1=CC(NC(=O)C2CCNCC2)C(O)C(O)C1)C(N)=O. The van der Waals surface area contributed by atoms with Crippen LogP contribution in [0.3, 0.4) is 0 Å². The summed E-state index contributed by atoms with van der Waals surface area (Å²) in [5.74, 6) is -1.37. The zero-order valence-corrected chi connectivity index (χ0v) is 16.5. The Bertz CT molecular complexity index is 615. The molecule has 0 radical (unpaired) electrons. The third-order valence-electron chi connectivity index (χ3n) is 5.24. The molecule has 2 rings (SSSR count). The standard InChI is InChI=1S/C19H32N4O5/c1-10(2)7-14(17(20)26)23-19(28)12-8-13(16(25)15(24)9-12)22-18(27)11-3-5-21-6-4-11/h8,10-11,13-16,21,24-25H,3-7,9H2,1-2H3,(H2,20,26)(H,22,27)(H,23,28). The van der Waals surface area contributed by atoms with Crippen LogP contribution in [0.4, 0.5) is 0 Å². The molecule has 0 aromatic rings. The average molecular weight is 396 g/mol. The number of carbonyl (C=O) groups excluding carboxylic acids is 3. The van der Waals surface area contributed by atoms with Gasteiger partial charge >= 0.3 is 0 Å². The molecule has 2 aliphatic rings. The number of piperidine rings is 1. The van der Waals surface area contributed by atoms with E-state index in [2.05, 4.69) is 16.0 Å². The lowest BCUT2D eigenvalue weighted by Gasteiger charge is -2.33. The lowest BCUT2D eigenvalue weighted by Crippen LogP contribution is -2.53. The number of rotatable bonds is 7. The highest BCUT2D eigenvalue weighted by molar-refractivity contribution is 5.97. The topological polar surface area (TPSA) is 154 Å². The molecule has 0 saturated carbocycles. The summed E-state index contributed by atoms with van der Waals surface area (Å²) in [5.41, 5.74) is 5.57. The number of hydrogen-bond acceptors (Lipinski definition) is 6. The summed E-state index contributed by atoms with van der Waals surface area (Å²) in [5, 5.41) is 28.9. The van der Waals surface area contributed by atoms with Gasteiger partial charge in [-0.25, -0.2) is 0 Å². The second kappa shape index (κ2) is 9.99. The summed E-state index contributed by atoms with van der Waals surface area (Å²) in [6.07, 6.45) is 0.785. The molecule has 9 heteroatoms. The summed E-state index contributed by atoms with van der Waals surface area (Å²) < 4.78 is 0. The molecule has 4 unspecified atom stereocenters. The first kappa shape index (κ1) is 22.3. The quantitative estimate of drug-likeness (QED) is 0.309.